The Morgan fingerprint density at radius 1 is 2.20 bits per heavy atom. The summed E-state index contributed by atoms with van der Waals surface area (Å²) in [4.78, 5) is 0. The molecule has 0 aromatic carbocycles. The maximum absolute atomic E-state index is 8.51. The van der Waals surface area contributed by atoms with Gasteiger partial charge in [0.15, 0.2) is 0 Å². The predicted octanol–water partition coefficient (Wildman–Crippen LogP) is 0.777. The Morgan fingerprint density at radius 3 is 2.40 bits per heavy atom. The van der Waals surface area contributed by atoms with Gasteiger partial charge in [-0.25, -0.2) is 0 Å². The van der Waals surface area contributed by atoms with E-state index in [9.17, 15) is 0 Å². The number of hydrogen-bond acceptors (Lipinski definition) is 1. The second kappa shape index (κ2) is 2.21. The molecule has 0 saturated carbocycles. The third-order valence-electron chi connectivity index (χ3n) is 0.418. The second-order valence-electron chi connectivity index (χ2n) is 0.965. The minimum absolute atomic E-state index is 0.868. The van der Waals surface area contributed by atoms with E-state index in [0.717, 1.165) is 0 Å². The summed E-state index contributed by atoms with van der Waals surface area (Å²) in [5.41, 5.74) is 0. The number of rotatable bonds is 1. The third-order valence-corrected chi connectivity index (χ3v) is 0.418. The molecule has 0 aromatic heterocycles. The summed E-state index contributed by atoms with van der Waals surface area (Å²) >= 11 is 0. The SMILES string of the molecule is [2H]C([2H])(C)[C@@H](C)O. The zero-order valence-electron chi connectivity index (χ0n) is 5.52. The van der Waals surface area contributed by atoms with E-state index in [4.69, 9.17) is 7.85 Å². The summed E-state index contributed by atoms with van der Waals surface area (Å²) in [7, 11) is 0. The summed E-state index contributed by atoms with van der Waals surface area (Å²) in [6, 6.07) is 0. The van der Waals surface area contributed by atoms with Crippen LogP contribution in [0.3, 0.4) is 0 Å². The Balaban J connectivity index is 3.54. The van der Waals surface area contributed by atoms with Crippen LogP contribution >= 0.6 is 0 Å². The summed E-state index contributed by atoms with van der Waals surface area (Å²) in [5.74, 6) is 0. The quantitative estimate of drug-likeness (QED) is 0.489. The van der Waals surface area contributed by atoms with Gasteiger partial charge in [-0.2, -0.15) is 0 Å². The van der Waals surface area contributed by atoms with Crippen LogP contribution in [0.5, 0.6) is 0 Å². The van der Waals surface area contributed by atoms with Crippen LogP contribution in [0.25, 0.3) is 0 Å². The smallest absolute Gasteiger partial charge is 0.0509 e. The molecule has 0 radical (unpaired) electrons. The van der Waals surface area contributed by atoms with E-state index < -0.39 is 12.5 Å². The van der Waals surface area contributed by atoms with Crippen LogP contribution in [0, 0.1) is 0 Å². The molecule has 0 aliphatic heterocycles. The number of hydrogen-bond donors (Lipinski definition) is 1. The van der Waals surface area contributed by atoms with Crippen molar-refractivity contribution in [3.05, 3.63) is 0 Å². The maximum Gasteiger partial charge on any atom is 0.0509 e. The van der Waals surface area contributed by atoms with Crippen molar-refractivity contribution >= 4 is 0 Å². The molecular weight excluding hydrogens is 64.0 g/mol. The highest BCUT2D eigenvalue weighted by molar-refractivity contribution is 4.34. The number of aliphatic hydroxyl groups is 1. The van der Waals surface area contributed by atoms with Crippen molar-refractivity contribution in [1.82, 2.24) is 0 Å². The van der Waals surface area contributed by atoms with Crippen LogP contribution < -0.4 is 0 Å². The normalized spacial score (nSPS) is 23.8. The van der Waals surface area contributed by atoms with Crippen molar-refractivity contribution in [3.63, 3.8) is 0 Å². The van der Waals surface area contributed by atoms with E-state index in [2.05, 4.69) is 0 Å². The first kappa shape index (κ1) is 2.19. The Kier molecular flexibility index (Phi) is 0.969. The summed E-state index contributed by atoms with van der Waals surface area (Å²) in [5, 5.41) is 8.51. The molecule has 0 rings (SSSR count). The van der Waals surface area contributed by atoms with Gasteiger partial charge in [0.2, 0.25) is 0 Å². The molecule has 0 aliphatic carbocycles. The molecule has 0 saturated heterocycles. The van der Waals surface area contributed by atoms with Crippen LogP contribution in [0.4, 0.5) is 0 Å². The molecule has 0 unspecified atom stereocenters. The number of aliphatic hydroxyl groups excluding tert-OH is 1. The maximum atomic E-state index is 8.51. The molecule has 0 spiro atoms. The summed E-state index contributed by atoms with van der Waals surface area (Å²) in [6.07, 6.45) is -2.31. The highest BCUT2D eigenvalue weighted by Crippen LogP contribution is 1.81. The van der Waals surface area contributed by atoms with Crippen molar-refractivity contribution in [1.29, 1.82) is 0 Å². The van der Waals surface area contributed by atoms with E-state index >= 15 is 0 Å². The van der Waals surface area contributed by atoms with Gasteiger partial charge in [-0.15, -0.1) is 0 Å². The molecule has 0 heterocycles. The molecule has 32 valence electrons. The second-order valence-corrected chi connectivity index (χ2v) is 0.965. The molecule has 0 fully saturated rings. The van der Waals surface area contributed by atoms with Gasteiger partial charge < -0.3 is 5.11 Å². The molecule has 1 N–H and O–H groups in total. The van der Waals surface area contributed by atoms with Crippen LogP contribution in [0.2, 0.25) is 0 Å². The van der Waals surface area contributed by atoms with Crippen molar-refractivity contribution < 1.29 is 7.85 Å². The molecular formula is C4H10O. The van der Waals surface area contributed by atoms with Gasteiger partial charge in [0, 0.05) is 2.74 Å². The van der Waals surface area contributed by atoms with Crippen LogP contribution in [0.1, 0.15) is 23.0 Å². The molecule has 0 aromatic rings. The van der Waals surface area contributed by atoms with Crippen molar-refractivity contribution in [2.75, 3.05) is 0 Å². The minimum atomic E-state index is -1.44. The van der Waals surface area contributed by atoms with Gasteiger partial charge in [-0.1, -0.05) is 6.92 Å². The fourth-order valence-corrected chi connectivity index (χ4v) is 0. The van der Waals surface area contributed by atoms with Gasteiger partial charge in [-0.05, 0) is 13.3 Å². The van der Waals surface area contributed by atoms with E-state index in [-0.39, 0.29) is 0 Å². The average molecular weight is 76.1 g/mol. The van der Waals surface area contributed by atoms with Gasteiger partial charge in [0.1, 0.15) is 0 Å². The summed E-state index contributed by atoms with van der Waals surface area (Å²) < 4.78 is 13.6. The molecule has 5 heavy (non-hydrogen) atoms. The Bertz CT molecular complexity index is 55.2. The zero-order chi connectivity index (χ0) is 6.08. The van der Waals surface area contributed by atoms with Gasteiger partial charge >= 0.3 is 0 Å². The van der Waals surface area contributed by atoms with Crippen LogP contribution in [0.15, 0.2) is 0 Å². The first-order chi connectivity index (χ1) is 2.94. The van der Waals surface area contributed by atoms with Crippen molar-refractivity contribution in [2.45, 2.75) is 26.3 Å². The van der Waals surface area contributed by atoms with Gasteiger partial charge in [0.25, 0.3) is 0 Å². The minimum Gasteiger partial charge on any atom is -0.393 e. The van der Waals surface area contributed by atoms with E-state index in [1.165, 1.54) is 13.8 Å². The van der Waals surface area contributed by atoms with E-state index in [0.29, 0.717) is 0 Å². The first-order valence-electron chi connectivity index (χ1n) is 2.62. The lowest BCUT2D eigenvalue weighted by Gasteiger charge is -1.90. The highest BCUT2D eigenvalue weighted by Gasteiger charge is 1.81. The van der Waals surface area contributed by atoms with Crippen LogP contribution in [-0.4, -0.2) is 11.2 Å². The largest absolute Gasteiger partial charge is 0.393 e. The third kappa shape index (κ3) is 3.96. The van der Waals surface area contributed by atoms with Crippen LogP contribution in [-0.2, 0) is 0 Å². The Morgan fingerprint density at radius 2 is 2.40 bits per heavy atom. The molecule has 0 aliphatic rings. The molecule has 1 heteroatoms. The standard InChI is InChI=1S/C4H10O/c1-3-4(2)5/h4-5H,3H2,1-2H3/t4-/m1/s1/i3D2. The monoisotopic (exact) mass is 76.1 g/mol. The Labute approximate surface area is 35.4 Å². The lowest BCUT2D eigenvalue weighted by molar-refractivity contribution is 0.191. The highest BCUT2D eigenvalue weighted by atomic mass is 16.3. The van der Waals surface area contributed by atoms with Crippen molar-refractivity contribution in [2.24, 2.45) is 0 Å². The Hall–Kier alpha value is -0.0400. The van der Waals surface area contributed by atoms with E-state index in [1.54, 1.807) is 0 Å². The first-order valence-corrected chi connectivity index (χ1v) is 1.62. The van der Waals surface area contributed by atoms with Gasteiger partial charge in [-0.3, -0.25) is 0 Å². The molecule has 1 nitrogen and oxygen atoms in total. The van der Waals surface area contributed by atoms with Crippen molar-refractivity contribution in [3.8, 4) is 0 Å². The predicted molar refractivity (Wildman–Crippen MR) is 22.0 cm³/mol. The lowest BCUT2D eigenvalue weighted by Crippen LogP contribution is -1.93. The topological polar surface area (TPSA) is 20.2 Å². The van der Waals surface area contributed by atoms with Gasteiger partial charge in [0.05, 0.1) is 6.10 Å². The zero-order valence-corrected chi connectivity index (χ0v) is 3.52. The summed E-state index contributed by atoms with van der Waals surface area (Å²) in [6.45, 7) is 2.78. The fraction of sp³-hybridized carbons (Fsp3) is 1.00. The molecule has 0 bridgehead atoms. The van der Waals surface area contributed by atoms with E-state index in [1.807, 2.05) is 0 Å². The molecule has 0 amide bonds. The molecule has 1 atom stereocenters. The lowest BCUT2D eigenvalue weighted by atomic mass is 10.3. The fourth-order valence-electron chi connectivity index (χ4n) is 0. The average Bonchev–Trinajstić information content (AvgIpc) is 1.31.